The number of aliphatic carboxylic acids is 1. The number of carboxylic acids is 1. The van der Waals surface area contributed by atoms with Crippen LogP contribution in [0.15, 0.2) is 5.03 Å². The molecule has 0 radical (unpaired) electrons. The number of carbonyl (C=O) groups is 1. The van der Waals surface area contributed by atoms with Crippen LogP contribution in [0.5, 0.6) is 0 Å². The van der Waals surface area contributed by atoms with Gasteiger partial charge in [-0.15, -0.1) is 0 Å². The summed E-state index contributed by atoms with van der Waals surface area (Å²) in [5.74, 6) is -0.778. The Bertz CT molecular complexity index is 457. The van der Waals surface area contributed by atoms with Crippen molar-refractivity contribution in [1.29, 1.82) is 0 Å². The molecule has 0 saturated heterocycles. The fraction of sp³-hybridized carbons (Fsp3) is 0.556. The summed E-state index contributed by atoms with van der Waals surface area (Å²) in [6.45, 7) is 3.36. The van der Waals surface area contributed by atoms with Crippen molar-refractivity contribution < 1.29 is 14.8 Å². The smallest absolute Gasteiger partial charge is 0.396 e. The standard InChI is InChI=1S/C9H13N3O4S/c1-4-6(9(13)14)17-8-7(12(15)16)10-5(2)11(8)3/h6H,4H2,1-3H3,(H,13,14). The zero-order valence-corrected chi connectivity index (χ0v) is 10.5. The monoisotopic (exact) mass is 259 g/mol. The van der Waals surface area contributed by atoms with Gasteiger partial charge in [-0.3, -0.25) is 9.36 Å². The molecular weight excluding hydrogens is 246 g/mol. The Morgan fingerprint density at radius 1 is 1.71 bits per heavy atom. The summed E-state index contributed by atoms with van der Waals surface area (Å²) in [6, 6.07) is 0. The highest BCUT2D eigenvalue weighted by Crippen LogP contribution is 2.33. The number of aryl methyl sites for hydroxylation is 1. The Hall–Kier alpha value is -1.57. The predicted molar refractivity (Wildman–Crippen MR) is 62.2 cm³/mol. The minimum absolute atomic E-state index is 0.279. The first-order valence-electron chi connectivity index (χ1n) is 4.95. The van der Waals surface area contributed by atoms with E-state index in [0.29, 0.717) is 12.2 Å². The average molecular weight is 259 g/mol. The van der Waals surface area contributed by atoms with Crippen molar-refractivity contribution in [3.8, 4) is 0 Å². The highest BCUT2D eigenvalue weighted by Gasteiger charge is 2.28. The molecule has 0 amide bonds. The van der Waals surface area contributed by atoms with E-state index in [4.69, 9.17) is 5.11 Å². The highest BCUT2D eigenvalue weighted by molar-refractivity contribution is 8.00. The zero-order chi connectivity index (χ0) is 13.2. The highest BCUT2D eigenvalue weighted by atomic mass is 32.2. The van der Waals surface area contributed by atoms with E-state index < -0.39 is 16.1 Å². The van der Waals surface area contributed by atoms with E-state index in [1.807, 2.05) is 0 Å². The molecule has 1 unspecified atom stereocenters. The molecule has 0 aliphatic rings. The molecule has 1 aromatic heterocycles. The maximum absolute atomic E-state index is 10.9. The second-order valence-electron chi connectivity index (χ2n) is 3.46. The van der Waals surface area contributed by atoms with Gasteiger partial charge in [-0.2, -0.15) is 0 Å². The Labute approximate surface area is 102 Å². The van der Waals surface area contributed by atoms with Gasteiger partial charge >= 0.3 is 11.8 Å². The number of thioether (sulfide) groups is 1. The van der Waals surface area contributed by atoms with Crippen molar-refractivity contribution in [2.24, 2.45) is 7.05 Å². The van der Waals surface area contributed by atoms with Gasteiger partial charge in [0.15, 0.2) is 5.03 Å². The molecule has 0 aliphatic carbocycles. The molecule has 94 valence electrons. The number of aromatic nitrogens is 2. The van der Waals surface area contributed by atoms with Gasteiger partial charge in [0, 0.05) is 14.0 Å². The number of hydrogen-bond donors (Lipinski definition) is 1. The Kier molecular flexibility index (Phi) is 4.11. The average Bonchev–Trinajstić information content (AvgIpc) is 2.52. The third-order valence-electron chi connectivity index (χ3n) is 2.32. The molecular formula is C9H13N3O4S. The molecule has 1 rings (SSSR count). The Morgan fingerprint density at radius 2 is 2.29 bits per heavy atom. The minimum atomic E-state index is -0.981. The summed E-state index contributed by atoms with van der Waals surface area (Å²) in [6.07, 6.45) is 0.390. The van der Waals surface area contributed by atoms with Crippen LogP contribution in [-0.4, -0.2) is 30.8 Å². The fourth-order valence-electron chi connectivity index (χ4n) is 1.27. The van der Waals surface area contributed by atoms with Crippen LogP contribution in [0, 0.1) is 17.0 Å². The first kappa shape index (κ1) is 13.5. The van der Waals surface area contributed by atoms with E-state index in [0.717, 1.165) is 11.8 Å². The van der Waals surface area contributed by atoms with Crippen LogP contribution in [-0.2, 0) is 11.8 Å². The molecule has 8 heteroatoms. The molecule has 17 heavy (non-hydrogen) atoms. The molecule has 1 heterocycles. The van der Waals surface area contributed by atoms with Crippen molar-refractivity contribution in [1.82, 2.24) is 9.55 Å². The van der Waals surface area contributed by atoms with Crippen LogP contribution in [0.2, 0.25) is 0 Å². The van der Waals surface area contributed by atoms with Crippen molar-refractivity contribution in [3.05, 3.63) is 15.9 Å². The Morgan fingerprint density at radius 3 is 2.71 bits per heavy atom. The second-order valence-corrected chi connectivity index (χ2v) is 4.65. The minimum Gasteiger partial charge on any atom is -0.480 e. The number of nitrogens with zero attached hydrogens (tertiary/aromatic N) is 3. The molecule has 0 saturated carbocycles. The molecule has 0 spiro atoms. The molecule has 0 aliphatic heterocycles. The number of carboxylic acid groups (broad SMARTS) is 1. The lowest BCUT2D eigenvalue weighted by molar-refractivity contribution is -0.392. The first-order chi connectivity index (χ1) is 7.88. The normalized spacial score (nSPS) is 12.4. The van der Waals surface area contributed by atoms with Gasteiger partial charge in [0.05, 0.1) is 0 Å². The number of imidazole rings is 1. The van der Waals surface area contributed by atoms with Crippen LogP contribution < -0.4 is 0 Å². The van der Waals surface area contributed by atoms with Crippen LogP contribution in [0.3, 0.4) is 0 Å². The van der Waals surface area contributed by atoms with Gasteiger partial charge in [0.1, 0.15) is 5.25 Å². The molecule has 7 nitrogen and oxygen atoms in total. The van der Waals surface area contributed by atoms with E-state index in [1.54, 1.807) is 20.9 Å². The summed E-state index contributed by atoms with van der Waals surface area (Å²) in [5, 5.41) is 19.3. The first-order valence-corrected chi connectivity index (χ1v) is 5.83. The summed E-state index contributed by atoms with van der Waals surface area (Å²) in [4.78, 5) is 24.9. The molecule has 0 fully saturated rings. The summed E-state index contributed by atoms with van der Waals surface area (Å²) in [5.41, 5.74) is 0. The molecule has 1 N–H and O–H groups in total. The fourth-order valence-corrected chi connectivity index (χ4v) is 2.32. The zero-order valence-electron chi connectivity index (χ0n) is 9.71. The third kappa shape index (κ3) is 2.76. The quantitative estimate of drug-likeness (QED) is 0.490. The maximum Gasteiger partial charge on any atom is 0.396 e. The molecule has 1 atom stereocenters. The van der Waals surface area contributed by atoms with Gasteiger partial charge < -0.3 is 15.2 Å². The van der Waals surface area contributed by atoms with Crippen molar-refractivity contribution >= 4 is 23.5 Å². The van der Waals surface area contributed by atoms with E-state index in [1.165, 1.54) is 4.57 Å². The van der Waals surface area contributed by atoms with Crippen LogP contribution in [0.4, 0.5) is 5.82 Å². The Balaban J connectivity index is 3.12. The largest absolute Gasteiger partial charge is 0.480 e. The lowest BCUT2D eigenvalue weighted by atomic mass is 10.3. The van der Waals surface area contributed by atoms with Gasteiger partial charge in [-0.05, 0) is 16.3 Å². The van der Waals surface area contributed by atoms with E-state index in [9.17, 15) is 14.9 Å². The number of hydrogen-bond acceptors (Lipinski definition) is 5. The summed E-state index contributed by atoms with van der Waals surface area (Å²) in [7, 11) is 1.63. The van der Waals surface area contributed by atoms with E-state index >= 15 is 0 Å². The van der Waals surface area contributed by atoms with Gasteiger partial charge in [-0.1, -0.05) is 18.7 Å². The van der Waals surface area contributed by atoms with Crippen LogP contribution in [0.1, 0.15) is 19.2 Å². The van der Waals surface area contributed by atoms with Gasteiger partial charge in [0.25, 0.3) is 0 Å². The predicted octanol–water partition coefficient (Wildman–Crippen LogP) is 1.59. The topological polar surface area (TPSA) is 98.3 Å². The summed E-state index contributed by atoms with van der Waals surface area (Å²) < 4.78 is 1.54. The van der Waals surface area contributed by atoms with Gasteiger partial charge in [-0.25, -0.2) is 0 Å². The van der Waals surface area contributed by atoms with Crippen molar-refractivity contribution in [2.75, 3.05) is 0 Å². The summed E-state index contributed by atoms with van der Waals surface area (Å²) >= 11 is 0.958. The third-order valence-corrected chi connectivity index (χ3v) is 3.82. The number of rotatable bonds is 5. The van der Waals surface area contributed by atoms with E-state index in [2.05, 4.69) is 4.98 Å². The van der Waals surface area contributed by atoms with Crippen LogP contribution >= 0.6 is 11.8 Å². The van der Waals surface area contributed by atoms with E-state index in [-0.39, 0.29) is 10.8 Å². The van der Waals surface area contributed by atoms with Crippen molar-refractivity contribution in [3.63, 3.8) is 0 Å². The van der Waals surface area contributed by atoms with Crippen LogP contribution in [0.25, 0.3) is 0 Å². The number of nitro groups is 1. The molecule has 1 aromatic rings. The molecule has 0 bridgehead atoms. The van der Waals surface area contributed by atoms with Gasteiger partial charge in [0.2, 0.25) is 5.82 Å². The lowest BCUT2D eigenvalue weighted by Gasteiger charge is -2.08. The SMILES string of the molecule is CCC(Sc1c([N+](=O)[O-])nc(C)n1C)C(=O)O. The second kappa shape index (κ2) is 5.17. The maximum atomic E-state index is 10.9. The van der Waals surface area contributed by atoms with Crippen molar-refractivity contribution in [2.45, 2.75) is 30.5 Å². The lowest BCUT2D eigenvalue weighted by Crippen LogP contribution is -2.15. The molecule has 0 aromatic carbocycles.